The molecule has 5 heteroatoms. The molecular weight excluding hydrogens is 243 g/mol. The van der Waals surface area contributed by atoms with E-state index < -0.39 is 18.7 Å². The summed E-state index contributed by atoms with van der Waals surface area (Å²) in [6.07, 6.45) is 0. The Kier molecular flexibility index (Phi) is 4.77. The number of carboxylic acids is 1. The van der Waals surface area contributed by atoms with Crippen molar-refractivity contribution in [3.05, 3.63) is 29.3 Å². The number of carbonyl (C=O) groups is 1. The Balaban J connectivity index is 3.02. The third-order valence-electron chi connectivity index (χ3n) is 3.60. The molecule has 0 atom stereocenters. The third-order valence-corrected chi connectivity index (χ3v) is 3.60. The largest absolute Gasteiger partial charge is 0.491 e. The molecule has 1 aromatic rings. The Hall–Kier alpha value is -1.33. The summed E-state index contributed by atoms with van der Waals surface area (Å²) in [6.45, 7) is 9.63. The number of hydrogen-bond donors (Lipinski definition) is 2. The minimum Gasteiger partial charge on any atom is -0.478 e. The van der Waals surface area contributed by atoms with E-state index in [2.05, 4.69) is 0 Å². The van der Waals surface area contributed by atoms with Crippen LogP contribution in [0.15, 0.2) is 18.2 Å². The highest BCUT2D eigenvalue weighted by Crippen LogP contribution is 2.21. The topological polar surface area (TPSA) is 66.8 Å². The highest BCUT2D eigenvalue weighted by Gasteiger charge is 2.31. The van der Waals surface area contributed by atoms with Gasteiger partial charge in [0.2, 0.25) is 0 Å². The summed E-state index contributed by atoms with van der Waals surface area (Å²) < 4.78 is 5.66. The van der Waals surface area contributed by atoms with Gasteiger partial charge in [0.1, 0.15) is 0 Å². The third kappa shape index (κ3) is 3.82. The molecule has 19 heavy (non-hydrogen) atoms. The summed E-state index contributed by atoms with van der Waals surface area (Å²) in [5.74, 6) is -0.790. The van der Waals surface area contributed by atoms with Crippen molar-refractivity contribution in [3.8, 4) is 0 Å². The van der Waals surface area contributed by atoms with E-state index in [0.717, 1.165) is 5.56 Å². The van der Waals surface area contributed by atoms with Gasteiger partial charge < -0.3 is 14.8 Å². The minimum absolute atomic E-state index is 0.144. The van der Waals surface area contributed by atoms with E-state index in [1.165, 1.54) is 12.1 Å². The van der Waals surface area contributed by atoms with Crippen molar-refractivity contribution in [1.82, 2.24) is 0 Å². The molecule has 0 aliphatic heterocycles. The van der Waals surface area contributed by atoms with Crippen molar-refractivity contribution < 1.29 is 19.6 Å². The van der Waals surface area contributed by atoms with Crippen LogP contribution in [0.5, 0.6) is 0 Å². The van der Waals surface area contributed by atoms with Crippen LogP contribution in [-0.4, -0.2) is 28.8 Å². The van der Waals surface area contributed by atoms with Crippen LogP contribution in [0.2, 0.25) is 0 Å². The highest BCUT2D eigenvalue weighted by atomic mass is 16.5. The number of aryl methyl sites for hydroxylation is 1. The van der Waals surface area contributed by atoms with Crippen LogP contribution in [0, 0.1) is 12.8 Å². The lowest BCUT2D eigenvalue weighted by atomic mass is 9.74. The lowest BCUT2D eigenvalue weighted by Crippen LogP contribution is -2.45. The van der Waals surface area contributed by atoms with Crippen LogP contribution in [0.4, 0.5) is 0 Å². The quantitative estimate of drug-likeness (QED) is 0.796. The van der Waals surface area contributed by atoms with Gasteiger partial charge in [0.05, 0.1) is 11.2 Å². The first-order valence-electron chi connectivity index (χ1n) is 6.35. The molecule has 1 rings (SSSR count). The monoisotopic (exact) mass is 264 g/mol. The average molecular weight is 264 g/mol. The SMILES string of the molecule is Cc1ccc(C(=O)O)cc1B(O)OC(C)(C)C(C)C. The molecule has 4 nitrogen and oxygen atoms in total. The molecular formula is C14H21BO4. The summed E-state index contributed by atoms with van der Waals surface area (Å²) in [6, 6.07) is 4.65. The van der Waals surface area contributed by atoms with Crippen molar-refractivity contribution >= 4 is 18.6 Å². The van der Waals surface area contributed by atoms with E-state index in [0.29, 0.717) is 5.46 Å². The maximum absolute atomic E-state index is 11.0. The van der Waals surface area contributed by atoms with Gasteiger partial charge in [-0.2, -0.15) is 0 Å². The molecule has 0 saturated carbocycles. The summed E-state index contributed by atoms with van der Waals surface area (Å²) in [4.78, 5) is 11.0. The standard InChI is InChI=1S/C14H21BO4/c1-9(2)14(4,5)19-15(18)12-8-11(13(16)17)7-6-10(12)3/h6-9,18H,1-5H3,(H,16,17). The molecule has 0 bridgehead atoms. The summed E-state index contributed by atoms with van der Waals surface area (Å²) in [5.41, 5.74) is 0.946. The lowest BCUT2D eigenvalue weighted by Gasteiger charge is -2.31. The lowest BCUT2D eigenvalue weighted by molar-refractivity contribution is 0.0423. The molecule has 0 spiro atoms. The Morgan fingerprint density at radius 3 is 2.42 bits per heavy atom. The zero-order chi connectivity index (χ0) is 14.8. The van der Waals surface area contributed by atoms with E-state index in [9.17, 15) is 9.82 Å². The Morgan fingerprint density at radius 2 is 1.95 bits per heavy atom. The van der Waals surface area contributed by atoms with Crippen LogP contribution in [0.3, 0.4) is 0 Å². The van der Waals surface area contributed by atoms with Crippen molar-refractivity contribution in [2.75, 3.05) is 0 Å². The molecule has 0 fully saturated rings. The van der Waals surface area contributed by atoms with Gasteiger partial charge in [0.25, 0.3) is 0 Å². The Bertz CT molecular complexity index is 469. The van der Waals surface area contributed by atoms with E-state index in [1.54, 1.807) is 6.07 Å². The molecule has 1 aromatic carbocycles. The highest BCUT2D eigenvalue weighted by molar-refractivity contribution is 6.60. The second kappa shape index (κ2) is 5.76. The number of hydrogen-bond acceptors (Lipinski definition) is 3. The van der Waals surface area contributed by atoms with E-state index in [4.69, 9.17) is 9.76 Å². The molecule has 0 amide bonds. The summed E-state index contributed by atoms with van der Waals surface area (Å²) in [5, 5.41) is 19.2. The average Bonchev–Trinajstić information content (AvgIpc) is 2.28. The molecule has 0 saturated heterocycles. The van der Waals surface area contributed by atoms with Crippen molar-refractivity contribution in [2.24, 2.45) is 5.92 Å². The van der Waals surface area contributed by atoms with E-state index >= 15 is 0 Å². The molecule has 104 valence electrons. The fraction of sp³-hybridized carbons (Fsp3) is 0.500. The minimum atomic E-state index is -1.13. The van der Waals surface area contributed by atoms with Crippen molar-refractivity contribution in [2.45, 2.75) is 40.2 Å². The summed E-state index contributed by atoms with van der Waals surface area (Å²) >= 11 is 0. The van der Waals surface area contributed by atoms with Crippen LogP contribution >= 0.6 is 0 Å². The van der Waals surface area contributed by atoms with Gasteiger partial charge in [-0.3, -0.25) is 0 Å². The Labute approximate surface area is 114 Å². The van der Waals surface area contributed by atoms with E-state index in [1.807, 2.05) is 34.6 Å². The smallest absolute Gasteiger partial charge is 0.478 e. The molecule has 0 aliphatic carbocycles. The second-order valence-corrected chi connectivity index (χ2v) is 5.60. The first-order chi connectivity index (χ1) is 8.65. The first-order valence-corrected chi connectivity index (χ1v) is 6.35. The number of aromatic carboxylic acids is 1. The van der Waals surface area contributed by atoms with Crippen LogP contribution in [-0.2, 0) is 4.65 Å². The molecule has 0 unspecified atom stereocenters. The van der Waals surface area contributed by atoms with Gasteiger partial charge in [-0.05, 0) is 44.3 Å². The second-order valence-electron chi connectivity index (χ2n) is 5.60. The number of benzene rings is 1. The first kappa shape index (κ1) is 15.7. The van der Waals surface area contributed by atoms with Gasteiger partial charge >= 0.3 is 13.1 Å². The van der Waals surface area contributed by atoms with Gasteiger partial charge in [-0.15, -0.1) is 0 Å². The Morgan fingerprint density at radius 1 is 1.37 bits per heavy atom. The molecule has 2 N–H and O–H groups in total. The normalized spacial score (nSPS) is 11.7. The van der Waals surface area contributed by atoms with Crippen molar-refractivity contribution in [1.29, 1.82) is 0 Å². The maximum atomic E-state index is 11.0. The number of rotatable bonds is 5. The van der Waals surface area contributed by atoms with Gasteiger partial charge in [-0.1, -0.05) is 25.5 Å². The van der Waals surface area contributed by atoms with Gasteiger partial charge in [0.15, 0.2) is 0 Å². The van der Waals surface area contributed by atoms with Gasteiger partial charge in [-0.25, -0.2) is 4.79 Å². The molecule has 0 radical (unpaired) electrons. The van der Waals surface area contributed by atoms with Gasteiger partial charge in [0, 0.05) is 0 Å². The zero-order valence-electron chi connectivity index (χ0n) is 12.1. The van der Waals surface area contributed by atoms with Crippen LogP contribution in [0.1, 0.15) is 43.6 Å². The molecule has 0 aromatic heterocycles. The zero-order valence-corrected chi connectivity index (χ0v) is 12.1. The number of carboxylic acid groups (broad SMARTS) is 1. The molecule has 0 aliphatic rings. The fourth-order valence-corrected chi connectivity index (χ4v) is 1.53. The van der Waals surface area contributed by atoms with E-state index in [-0.39, 0.29) is 11.5 Å². The van der Waals surface area contributed by atoms with Crippen LogP contribution < -0.4 is 5.46 Å². The summed E-state index contributed by atoms with van der Waals surface area (Å²) in [7, 11) is -1.13. The maximum Gasteiger partial charge on any atom is 0.491 e. The predicted molar refractivity (Wildman–Crippen MR) is 75.7 cm³/mol. The van der Waals surface area contributed by atoms with Crippen LogP contribution in [0.25, 0.3) is 0 Å². The fourth-order valence-electron chi connectivity index (χ4n) is 1.53. The molecule has 0 heterocycles. The van der Waals surface area contributed by atoms with Crippen molar-refractivity contribution in [3.63, 3.8) is 0 Å². The predicted octanol–water partition coefficient (Wildman–Crippen LogP) is 1.83.